The Kier molecular flexibility index (Phi) is 7.64. The Hall–Kier alpha value is -1.71. The number of thiocarbonyl (C=S) groups is 1. The molecule has 0 amide bonds. The summed E-state index contributed by atoms with van der Waals surface area (Å²) >= 11 is 5.38. The summed E-state index contributed by atoms with van der Waals surface area (Å²) in [6, 6.07) is 2.10. The molecule has 0 spiro atoms. The Labute approximate surface area is 173 Å². The number of nitrogens with zero attached hydrogens (tertiary/aromatic N) is 4. The minimum Gasteiger partial charge on any atom is -0.383 e. The predicted molar refractivity (Wildman–Crippen MR) is 116 cm³/mol. The van der Waals surface area contributed by atoms with Crippen molar-refractivity contribution in [2.75, 3.05) is 74.8 Å². The maximum Gasteiger partial charge on any atom is 0.232 e. The molecule has 0 bridgehead atoms. The van der Waals surface area contributed by atoms with Crippen molar-refractivity contribution < 1.29 is 9.47 Å². The number of hydrogen-bond acceptors (Lipinski definition) is 7. The lowest BCUT2D eigenvalue weighted by Crippen LogP contribution is -2.40. The first-order valence-electron chi connectivity index (χ1n) is 10.1. The van der Waals surface area contributed by atoms with Crippen molar-refractivity contribution in [2.24, 2.45) is 11.8 Å². The van der Waals surface area contributed by atoms with Crippen LogP contribution in [0.2, 0.25) is 0 Å². The van der Waals surface area contributed by atoms with Crippen molar-refractivity contribution in [3.63, 3.8) is 0 Å². The molecule has 2 saturated heterocycles. The monoisotopic (exact) mass is 408 g/mol. The van der Waals surface area contributed by atoms with E-state index in [1.54, 1.807) is 7.11 Å². The van der Waals surface area contributed by atoms with Crippen LogP contribution >= 0.6 is 12.2 Å². The van der Waals surface area contributed by atoms with Crippen LogP contribution in [0.15, 0.2) is 6.07 Å². The summed E-state index contributed by atoms with van der Waals surface area (Å²) in [6.07, 6.45) is 1.26. The Bertz CT molecular complexity index is 645. The molecule has 2 atom stereocenters. The molecule has 0 aromatic carbocycles. The summed E-state index contributed by atoms with van der Waals surface area (Å²) in [5.41, 5.74) is 0. The van der Waals surface area contributed by atoms with Gasteiger partial charge in [0.15, 0.2) is 5.11 Å². The Morgan fingerprint density at radius 3 is 2.46 bits per heavy atom. The van der Waals surface area contributed by atoms with Gasteiger partial charge in [-0.25, -0.2) is 0 Å². The Morgan fingerprint density at radius 1 is 1.18 bits per heavy atom. The molecule has 0 saturated carbocycles. The van der Waals surface area contributed by atoms with Crippen LogP contribution in [0.4, 0.5) is 17.6 Å². The molecule has 28 heavy (non-hydrogen) atoms. The van der Waals surface area contributed by atoms with Crippen LogP contribution in [0.25, 0.3) is 0 Å². The standard InChI is InChI=1S/C19H32N6O2S/c1-14-10-15(2)13-25(12-14)17-11-16(24-5-8-27-9-6-24)21-18(22-17)23-19(28)20-4-7-26-3/h11,14-15H,4-10,12-13H2,1-3H3,(H2,20,21,22,23,28)/t14-,15+. The lowest BCUT2D eigenvalue weighted by Gasteiger charge is -2.36. The molecule has 1 aromatic heterocycles. The zero-order chi connectivity index (χ0) is 19.9. The van der Waals surface area contributed by atoms with E-state index in [0.717, 1.165) is 51.0 Å². The first kappa shape index (κ1) is 21.0. The number of hydrogen-bond donors (Lipinski definition) is 2. The molecule has 9 heteroatoms. The fourth-order valence-electron chi connectivity index (χ4n) is 3.86. The maximum absolute atomic E-state index is 5.49. The number of nitrogens with one attached hydrogen (secondary N) is 2. The summed E-state index contributed by atoms with van der Waals surface area (Å²) in [6.45, 7) is 11.0. The van der Waals surface area contributed by atoms with E-state index in [-0.39, 0.29) is 0 Å². The number of morpholine rings is 1. The number of methoxy groups -OCH3 is 1. The summed E-state index contributed by atoms with van der Waals surface area (Å²) in [5, 5.41) is 6.75. The van der Waals surface area contributed by atoms with E-state index in [2.05, 4.69) is 40.3 Å². The average Bonchev–Trinajstić information content (AvgIpc) is 2.68. The molecular weight excluding hydrogens is 376 g/mol. The van der Waals surface area contributed by atoms with Gasteiger partial charge >= 0.3 is 0 Å². The van der Waals surface area contributed by atoms with Crippen molar-refractivity contribution in [3.8, 4) is 0 Å². The Balaban J connectivity index is 1.80. The number of ether oxygens (including phenoxy) is 2. The van der Waals surface area contributed by atoms with Gasteiger partial charge in [-0.15, -0.1) is 0 Å². The third-order valence-electron chi connectivity index (χ3n) is 5.04. The summed E-state index contributed by atoms with van der Waals surface area (Å²) in [4.78, 5) is 14.1. The van der Waals surface area contributed by atoms with E-state index in [0.29, 0.717) is 36.0 Å². The second kappa shape index (κ2) is 10.2. The lowest BCUT2D eigenvalue weighted by atomic mass is 9.92. The molecule has 0 unspecified atom stereocenters. The fourth-order valence-corrected chi connectivity index (χ4v) is 4.05. The minimum absolute atomic E-state index is 0.502. The molecular formula is C19H32N6O2S. The molecule has 0 radical (unpaired) electrons. The van der Waals surface area contributed by atoms with Crippen LogP contribution in [-0.2, 0) is 9.47 Å². The van der Waals surface area contributed by atoms with Crippen LogP contribution in [0.1, 0.15) is 20.3 Å². The van der Waals surface area contributed by atoms with Crippen molar-refractivity contribution in [1.29, 1.82) is 0 Å². The lowest BCUT2D eigenvalue weighted by molar-refractivity contribution is 0.122. The topological polar surface area (TPSA) is 74.8 Å². The second-order valence-corrected chi connectivity index (χ2v) is 8.14. The highest BCUT2D eigenvalue weighted by atomic mass is 32.1. The minimum atomic E-state index is 0.502. The van der Waals surface area contributed by atoms with Gasteiger partial charge < -0.3 is 29.9 Å². The molecule has 156 valence electrons. The summed E-state index contributed by atoms with van der Waals surface area (Å²) in [5.74, 6) is 3.70. The molecule has 0 aliphatic carbocycles. The smallest absolute Gasteiger partial charge is 0.232 e. The van der Waals surface area contributed by atoms with Crippen LogP contribution in [-0.4, -0.2) is 74.7 Å². The predicted octanol–water partition coefficient (Wildman–Crippen LogP) is 1.73. The average molecular weight is 409 g/mol. The molecule has 2 N–H and O–H groups in total. The highest BCUT2D eigenvalue weighted by molar-refractivity contribution is 7.80. The quantitative estimate of drug-likeness (QED) is 0.541. The summed E-state index contributed by atoms with van der Waals surface area (Å²) < 4.78 is 10.5. The largest absolute Gasteiger partial charge is 0.383 e. The number of aromatic nitrogens is 2. The normalized spacial score (nSPS) is 22.8. The maximum atomic E-state index is 5.49. The fraction of sp³-hybridized carbons (Fsp3) is 0.737. The van der Waals surface area contributed by atoms with Crippen molar-refractivity contribution in [3.05, 3.63) is 6.07 Å². The zero-order valence-electron chi connectivity index (χ0n) is 17.1. The van der Waals surface area contributed by atoms with Gasteiger partial charge in [0, 0.05) is 45.9 Å². The van der Waals surface area contributed by atoms with Crippen LogP contribution in [0, 0.1) is 11.8 Å². The SMILES string of the molecule is COCCNC(=S)Nc1nc(N2CCOCC2)cc(N2C[C@H](C)C[C@H](C)C2)n1. The van der Waals surface area contributed by atoms with Crippen LogP contribution in [0.5, 0.6) is 0 Å². The van der Waals surface area contributed by atoms with Gasteiger partial charge in [-0.05, 0) is 30.5 Å². The molecule has 2 aliphatic heterocycles. The van der Waals surface area contributed by atoms with E-state index in [4.69, 9.17) is 31.7 Å². The molecule has 2 fully saturated rings. The molecule has 2 aliphatic rings. The van der Waals surface area contributed by atoms with Gasteiger partial charge in [-0.1, -0.05) is 13.8 Å². The van der Waals surface area contributed by atoms with E-state index in [1.165, 1.54) is 6.42 Å². The molecule has 3 heterocycles. The van der Waals surface area contributed by atoms with Crippen molar-refractivity contribution in [2.45, 2.75) is 20.3 Å². The van der Waals surface area contributed by atoms with Crippen molar-refractivity contribution >= 4 is 34.9 Å². The zero-order valence-corrected chi connectivity index (χ0v) is 17.9. The number of piperidine rings is 1. The van der Waals surface area contributed by atoms with Gasteiger partial charge in [0.05, 0.1) is 19.8 Å². The first-order chi connectivity index (χ1) is 13.5. The van der Waals surface area contributed by atoms with Crippen LogP contribution < -0.4 is 20.4 Å². The van der Waals surface area contributed by atoms with E-state index < -0.39 is 0 Å². The molecule has 1 aromatic rings. The van der Waals surface area contributed by atoms with Gasteiger partial charge in [0.25, 0.3) is 0 Å². The van der Waals surface area contributed by atoms with Gasteiger partial charge in [-0.2, -0.15) is 9.97 Å². The Morgan fingerprint density at radius 2 is 1.82 bits per heavy atom. The second-order valence-electron chi connectivity index (χ2n) is 7.73. The molecule has 8 nitrogen and oxygen atoms in total. The highest BCUT2D eigenvalue weighted by Crippen LogP contribution is 2.28. The van der Waals surface area contributed by atoms with Crippen molar-refractivity contribution in [1.82, 2.24) is 15.3 Å². The number of rotatable bonds is 6. The third kappa shape index (κ3) is 5.89. The van der Waals surface area contributed by atoms with Gasteiger partial charge in [0.1, 0.15) is 11.6 Å². The van der Waals surface area contributed by atoms with Gasteiger partial charge in [-0.3, -0.25) is 0 Å². The summed E-state index contributed by atoms with van der Waals surface area (Å²) in [7, 11) is 1.67. The third-order valence-corrected chi connectivity index (χ3v) is 5.29. The van der Waals surface area contributed by atoms with E-state index in [1.807, 2.05) is 0 Å². The number of anilines is 3. The highest BCUT2D eigenvalue weighted by Gasteiger charge is 2.25. The van der Waals surface area contributed by atoms with Crippen LogP contribution in [0.3, 0.4) is 0 Å². The van der Waals surface area contributed by atoms with E-state index in [9.17, 15) is 0 Å². The molecule has 3 rings (SSSR count). The van der Waals surface area contributed by atoms with Gasteiger partial charge in [0.2, 0.25) is 5.95 Å². The van der Waals surface area contributed by atoms with E-state index >= 15 is 0 Å². The first-order valence-corrected chi connectivity index (χ1v) is 10.5.